The molecule has 1 amide bonds. The van der Waals surface area contributed by atoms with E-state index in [0.717, 1.165) is 27.9 Å². The third kappa shape index (κ3) is 4.22. The summed E-state index contributed by atoms with van der Waals surface area (Å²) in [5, 5.41) is 16.5. The number of rotatable bonds is 7. The fourth-order valence-electron chi connectivity index (χ4n) is 3.69. The number of aryl methyl sites for hydroxylation is 3. The minimum Gasteiger partial charge on any atom is -0.493 e. The van der Waals surface area contributed by atoms with Gasteiger partial charge in [0.1, 0.15) is 5.56 Å². The zero-order valence-electron chi connectivity index (χ0n) is 18.6. The first kappa shape index (κ1) is 23.0. The number of hydrogen-bond donors (Lipinski definition) is 1. The van der Waals surface area contributed by atoms with Crippen LogP contribution in [-0.4, -0.2) is 37.1 Å². The monoisotopic (exact) mass is 457 g/mol. The van der Waals surface area contributed by atoms with Gasteiger partial charge in [-0.15, -0.1) is 11.3 Å². The van der Waals surface area contributed by atoms with Crippen LogP contribution >= 0.6 is 11.3 Å². The number of aromatic nitrogens is 1. The van der Waals surface area contributed by atoms with Crippen molar-refractivity contribution in [3.63, 3.8) is 0 Å². The highest BCUT2D eigenvalue weighted by atomic mass is 32.1. The zero-order valence-corrected chi connectivity index (χ0v) is 19.4. The maximum atomic E-state index is 13.0. The van der Waals surface area contributed by atoms with Gasteiger partial charge in [-0.1, -0.05) is 17.7 Å². The molecular weight excluding hydrogens is 434 g/mol. The first-order valence-electron chi connectivity index (χ1n) is 9.54. The molecule has 0 saturated carbocycles. The summed E-state index contributed by atoms with van der Waals surface area (Å²) in [4.78, 5) is 28.6. The van der Waals surface area contributed by atoms with Gasteiger partial charge in [0, 0.05) is 17.0 Å². The van der Waals surface area contributed by atoms with Gasteiger partial charge in [-0.3, -0.25) is 20.2 Å². The number of thiazole rings is 1. The molecule has 3 rings (SSSR count). The van der Waals surface area contributed by atoms with E-state index >= 15 is 0 Å². The van der Waals surface area contributed by atoms with E-state index < -0.39 is 16.5 Å². The van der Waals surface area contributed by atoms with Gasteiger partial charge >= 0.3 is 5.69 Å². The molecule has 3 aromatic rings. The normalized spacial score (nSPS) is 10.6. The molecule has 168 valence electrons. The molecule has 0 spiro atoms. The number of carbonyl (C=O) groups is 1. The molecule has 0 fully saturated rings. The maximum absolute atomic E-state index is 13.0. The van der Waals surface area contributed by atoms with E-state index in [1.165, 1.54) is 38.7 Å². The summed E-state index contributed by atoms with van der Waals surface area (Å²) in [7, 11) is 3.95. The minimum atomic E-state index is -0.714. The third-order valence-corrected chi connectivity index (χ3v) is 5.65. The fraction of sp³-hybridized carbons (Fsp3) is 0.273. The molecule has 0 aliphatic heterocycles. The fourth-order valence-corrected chi connectivity index (χ4v) is 4.39. The Labute approximate surface area is 189 Å². The van der Waals surface area contributed by atoms with Crippen molar-refractivity contribution in [1.82, 2.24) is 4.98 Å². The van der Waals surface area contributed by atoms with Crippen molar-refractivity contribution >= 4 is 28.1 Å². The number of benzene rings is 2. The number of amides is 1. The number of nitrogens with zero attached hydrogens (tertiary/aromatic N) is 2. The first-order valence-corrected chi connectivity index (χ1v) is 10.4. The van der Waals surface area contributed by atoms with Crippen molar-refractivity contribution in [1.29, 1.82) is 0 Å². The predicted molar refractivity (Wildman–Crippen MR) is 122 cm³/mol. The quantitative estimate of drug-likeness (QED) is 0.396. The molecule has 0 unspecified atom stereocenters. The molecule has 32 heavy (non-hydrogen) atoms. The second kappa shape index (κ2) is 9.23. The van der Waals surface area contributed by atoms with Crippen molar-refractivity contribution in [3.8, 4) is 28.5 Å². The summed E-state index contributed by atoms with van der Waals surface area (Å²) in [6.45, 7) is 6.04. The molecule has 0 bridgehead atoms. The summed E-state index contributed by atoms with van der Waals surface area (Å²) in [5.41, 5.74) is 4.26. The van der Waals surface area contributed by atoms with Crippen molar-refractivity contribution in [2.75, 3.05) is 26.6 Å². The topological polar surface area (TPSA) is 113 Å². The summed E-state index contributed by atoms with van der Waals surface area (Å²) >= 11 is 1.23. The van der Waals surface area contributed by atoms with E-state index in [4.69, 9.17) is 14.2 Å². The smallest absolute Gasteiger partial charge is 0.327 e. The lowest BCUT2D eigenvalue weighted by atomic mass is 9.98. The van der Waals surface area contributed by atoms with E-state index in [1.54, 1.807) is 0 Å². The molecule has 1 N–H and O–H groups in total. The van der Waals surface area contributed by atoms with Crippen LogP contribution in [0.5, 0.6) is 17.2 Å². The molecule has 2 aromatic carbocycles. The van der Waals surface area contributed by atoms with E-state index in [9.17, 15) is 14.9 Å². The molecule has 0 aliphatic carbocycles. The Bertz CT molecular complexity index is 1180. The van der Waals surface area contributed by atoms with E-state index in [2.05, 4.69) is 22.4 Å². The molecule has 10 heteroatoms. The number of nitro groups is 1. The van der Waals surface area contributed by atoms with Crippen LogP contribution in [0.25, 0.3) is 11.3 Å². The third-order valence-electron chi connectivity index (χ3n) is 4.89. The molecule has 9 nitrogen and oxygen atoms in total. The van der Waals surface area contributed by atoms with Gasteiger partial charge in [-0.05, 0) is 31.9 Å². The molecule has 0 saturated heterocycles. The lowest BCUT2D eigenvalue weighted by molar-refractivity contribution is -0.386. The summed E-state index contributed by atoms with van der Waals surface area (Å²) in [5.74, 6) is -0.757. The average molecular weight is 458 g/mol. The van der Waals surface area contributed by atoms with Crippen LogP contribution in [0.4, 0.5) is 10.8 Å². The SMILES string of the molecule is COc1cc(C(=O)Nc2nc(-c3c(C)cc(C)cc3C)cs2)c([N+](=O)[O-])c(OC)c1OC. The van der Waals surface area contributed by atoms with Gasteiger partial charge in [0.2, 0.25) is 11.5 Å². The molecular formula is C22H23N3O6S. The molecule has 1 aromatic heterocycles. The van der Waals surface area contributed by atoms with Crippen LogP contribution < -0.4 is 19.5 Å². The number of nitrogens with one attached hydrogen (secondary N) is 1. The average Bonchev–Trinajstić information content (AvgIpc) is 3.18. The van der Waals surface area contributed by atoms with Crippen LogP contribution in [0.15, 0.2) is 23.6 Å². The Kier molecular flexibility index (Phi) is 6.64. The standard InChI is InChI=1S/C22H23N3O6S/c1-11-7-12(2)17(13(3)8-11)15-10-32-22(23-15)24-21(26)14-9-16(29-4)19(30-5)20(31-6)18(14)25(27)28/h7-10H,1-6H3,(H,23,24,26). The summed E-state index contributed by atoms with van der Waals surface area (Å²) < 4.78 is 15.6. The Balaban J connectivity index is 2.01. The van der Waals surface area contributed by atoms with E-state index in [-0.39, 0.29) is 22.8 Å². The van der Waals surface area contributed by atoms with Crippen molar-refractivity contribution in [3.05, 3.63) is 55.9 Å². The highest BCUT2D eigenvalue weighted by Gasteiger charge is 2.32. The van der Waals surface area contributed by atoms with Gasteiger partial charge in [0.05, 0.1) is 31.9 Å². The zero-order chi connectivity index (χ0) is 23.6. The summed E-state index contributed by atoms with van der Waals surface area (Å²) in [6.07, 6.45) is 0. The minimum absolute atomic E-state index is 0.0279. The molecule has 0 atom stereocenters. The molecule has 0 aliphatic rings. The lowest BCUT2D eigenvalue weighted by Crippen LogP contribution is -2.15. The van der Waals surface area contributed by atoms with Gasteiger partial charge in [-0.2, -0.15) is 0 Å². The van der Waals surface area contributed by atoms with Gasteiger partial charge < -0.3 is 14.2 Å². The Morgan fingerprint density at radius 1 is 1.03 bits per heavy atom. The largest absolute Gasteiger partial charge is 0.493 e. The van der Waals surface area contributed by atoms with Crippen LogP contribution in [0, 0.1) is 30.9 Å². The second-order valence-corrected chi connectivity index (χ2v) is 7.92. The van der Waals surface area contributed by atoms with Crippen LogP contribution in [0.3, 0.4) is 0 Å². The van der Waals surface area contributed by atoms with Crippen LogP contribution in [-0.2, 0) is 0 Å². The van der Waals surface area contributed by atoms with Gasteiger partial charge in [-0.25, -0.2) is 4.98 Å². The highest BCUT2D eigenvalue weighted by molar-refractivity contribution is 7.14. The Hall–Kier alpha value is -3.66. The first-order chi connectivity index (χ1) is 15.2. The number of hydrogen-bond acceptors (Lipinski definition) is 8. The highest BCUT2D eigenvalue weighted by Crippen LogP contribution is 2.46. The number of ether oxygens (including phenoxy) is 3. The lowest BCUT2D eigenvalue weighted by Gasteiger charge is -2.14. The number of anilines is 1. The number of carbonyl (C=O) groups excluding carboxylic acids is 1. The summed E-state index contributed by atoms with van der Waals surface area (Å²) in [6, 6.07) is 5.38. The molecule has 1 heterocycles. The predicted octanol–water partition coefficient (Wildman–Crippen LogP) is 4.92. The van der Waals surface area contributed by atoms with Crippen LogP contribution in [0.1, 0.15) is 27.0 Å². The Morgan fingerprint density at radius 2 is 1.66 bits per heavy atom. The Morgan fingerprint density at radius 3 is 2.19 bits per heavy atom. The van der Waals surface area contributed by atoms with Gasteiger partial charge in [0.15, 0.2) is 10.9 Å². The van der Waals surface area contributed by atoms with E-state index in [0.29, 0.717) is 5.13 Å². The van der Waals surface area contributed by atoms with Crippen molar-refractivity contribution < 1.29 is 23.9 Å². The van der Waals surface area contributed by atoms with Gasteiger partial charge in [0.25, 0.3) is 5.91 Å². The second-order valence-electron chi connectivity index (χ2n) is 7.06. The van der Waals surface area contributed by atoms with Crippen molar-refractivity contribution in [2.45, 2.75) is 20.8 Å². The maximum Gasteiger partial charge on any atom is 0.327 e. The molecule has 0 radical (unpaired) electrons. The van der Waals surface area contributed by atoms with E-state index in [1.807, 2.05) is 26.2 Å². The van der Waals surface area contributed by atoms with Crippen LogP contribution in [0.2, 0.25) is 0 Å². The number of methoxy groups -OCH3 is 3. The number of nitro benzene ring substituents is 1. The van der Waals surface area contributed by atoms with Crippen molar-refractivity contribution in [2.24, 2.45) is 0 Å².